The first kappa shape index (κ1) is 19.8. The quantitative estimate of drug-likeness (QED) is 0.831. The lowest BCUT2D eigenvalue weighted by Gasteiger charge is -2.36. The number of amides is 2. The summed E-state index contributed by atoms with van der Waals surface area (Å²) in [5.74, 6) is 0.459. The molecule has 0 radical (unpaired) electrons. The Morgan fingerprint density at radius 1 is 1.11 bits per heavy atom. The molecule has 0 bridgehead atoms. The van der Waals surface area contributed by atoms with Gasteiger partial charge in [-0.25, -0.2) is 0 Å². The van der Waals surface area contributed by atoms with Crippen molar-refractivity contribution in [2.45, 2.75) is 45.4 Å². The summed E-state index contributed by atoms with van der Waals surface area (Å²) in [5.41, 5.74) is 0.823. The van der Waals surface area contributed by atoms with Crippen molar-refractivity contribution in [3.63, 3.8) is 0 Å². The van der Waals surface area contributed by atoms with E-state index in [1.165, 1.54) is 0 Å². The SMILES string of the molecule is CC(C)CC(=O)NC(C(=O)N1CCC(C2OCCO2)CC1)c1ccccc1. The van der Waals surface area contributed by atoms with Crippen LogP contribution in [0.15, 0.2) is 30.3 Å². The number of nitrogens with one attached hydrogen (secondary N) is 1. The van der Waals surface area contributed by atoms with Gasteiger partial charge in [0.2, 0.25) is 11.8 Å². The fourth-order valence-electron chi connectivity index (χ4n) is 3.75. The molecule has 0 aliphatic carbocycles. The molecule has 2 amide bonds. The molecule has 2 aliphatic rings. The Labute approximate surface area is 161 Å². The predicted molar refractivity (Wildman–Crippen MR) is 102 cm³/mol. The van der Waals surface area contributed by atoms with Crippen molar-refractivity contribution >= 4 is 11.8 Å². The van der Waals surface area contributed by atoms with E-state index in [1.54, 1.807) is 0 Å². The van der Waals surface area contributed by atoms with Crippen molar-refractivity contribution in [1.29, 1.82) is 0 Å². The van der Waals surface area contributed by atoms with Crippen LogP contribution >= 0.6 is 0 Å². The maximum atomic E-state index is 13.2. The zero-order chi connectivity index (χ0) is 19.2. The third-order valence-corrected chi connectivity index (χ3v) is 5.16. The van der Waals surface area contributed by atoms with E-state index >= 15 is 0 Å². The highest BCUT2D eigenvalue weighted by atomic mass is 16.7. The summed E-state index contributed by atoms with van der Waals surface area (Å²) in [7, 11) is 0. The molecule has 1 unspecified atom stereocenters. The Hall–Kier alpha value is -1.92. The Morgan fingerprint density at radius 2 is 1.74 bits per heavy atom. The zero-order valence-electron chi connectivity index (χ0n) is 16.2. The minimum Gasteiger partial charge on any atom is -0.350 e. The molecule has 0 spiro atoms. The van der Waals surface area contributed by atoms with Gasteiger partial charge in [0.1, 0.15) is 6.04 Å². The second kappa shape index (κ2) is 9.33. The van der Waals surface area contributed by atoms with Gasteiger partial charge < -0.3 is 19.7 Å². The standard InChI is InChI=1S/C21H30N2O4/c1-15(2)14-18(24)22-19(16-6-4-3-5-7-16)20(25)23-10-8-17(9-11-23)21-26-12-13-27-21/h3-7,15,17,19,21H,8-14H2,1-2H3,(H,22,24). The van der Waals surface area contributed by atoms with Crippen LogP contribution in [0.3, 0.4) is 0 Å². The van der Waals surface area contributed by atoms with Crippen LogP contribution < -0.4 is 5.32 Å². The van der Waals surface area contributed by atoms with Crippen LogP contribution in [0, 0.1) is 11.8 Å². The molecule has 2 aliphatic heterocycles. The Kier molecular flexibility index (Phi) is 6.85. The van der Waals surface area contributed by atoms with Gasteiger partial charge in [0.05, 0.1) is 13.2 Å². The van der Waals surface area contributed by atoms with Crippen molar-refractivity contribution in [3.05, 3.63) is 35.9 Å². The minimum absolute atomic E-state index is 0.0370. The van der Waals surface area contributed by atoms with E-state index in [0.29, 0.717) is 38.6 Å². The van der Waals surface area contributed by atoms with Crippen molar-refractivity contribution in [2.24, 2.45) is 11.8 Å². The first-order valence-electron chi connectivity index (χ1n) is 9.91. The van der Waals surface area contributed by atoms with E-state index in [9.17, 15) is 9.59 Å². The molecule has 2 heterocycles. The molecule has 1 atom stereocenters. The Morgan fingerprint density at radius 3 is 2.33 bits per heavy atom. The molecule has 1 aromatic carbocycles. The van der Waals surface area contributed by atoms with Crippen LogP contribution in [0.5, 0.6) is 0 Å². The maximum absolute atomic E-state index is 13.2. The van der Waals surface area contributed by atoms with Crippen molar-refractivity contribution in [1.82, 2.24) is 10.2 Å². The fourth-order valence-corrected chi connectivity index (χ4v) is 3.75. The number of benzene rings is 1. The summed E-state index contributed by atoms with van der Waals surface area (Å²) in [6.45, 7) is 6.63. The van der Waals surface area contributed by atoms with E-state index in [-0.39, 0.29) is 24.0 Å². The minimum atomic E-state index is -0.631. The van der Waals surface area contributed by atoms with Gasteiger partial charge in [-0.2, -0.15) is 0 Å². The van der Waals surface area contributed by atoms with Crippen LogP contribution in [0.2, 0.25) is 0 Å². The zero-order valence-corrected chi connectivity index (χ0v) is 16.2. The molecular formula is C21H30N2O4. The molecule has 148 valence electrons. The van der Waals surface area contributed by atoms with E-state index in [0.717, 1.165) is 18.4 Å². The molecule has 6 heteroatoms. The van der Waals surface area contributed by atoms with E-state index in [4.69, 9.17) is 9.47 Å². The first-order valence-corrected chi connectivity index (χ1v) is 9.91. The van der Waals surface area contributed by atoms with Crippen molar-refractivity contribution in [2.75, 3.05) is 26.3 Å². The molecule has 2 saturated heterocycles. The summed E-state index contributed by atoms with van der Waals surface area (Å²) < 4.78 is 11.2. The van der Waals surface area contributed by atoms with Gasteiger partial charge in [-0.1, -0.05) is 44.2 Å². The first-order chi connectivity index (χ1) is 13.0. The molecule has 0 aromatic heterocycles. The summed E-state index contributed by atoms with van der Waals surface area (Å²) in [6.07, 6.45) is 2.00. The molecule has 2 fully saturated rings. The lowest BCUT2D eigenvalue weighted by molar-refractivity contribution is -0.141. The largest absolute Gasteiger partial charge is 0.350 e. The highest BCUT2D eigenvalue weighted by Gasteiger charge is 2.34. The van der Waals surface area contributed by atoms with Crippen LogP contribution in [-0.2, 0) is 19.1 Å². The summed E-state index contributed by atoms with van der Waals surface area (Å²) in [6, 6.07) is 8.86. The number of carbonyl (C=O) groups excluding carboxylic acids is 2. The third kappa shape index (κ3) is 5.30. The number of hydrogen-bond acceptors (Lipinski definition) is 4. The second-order valence-corrected chi connectivity index (χ2v) is 7.78. The summed E-state index contributed by atoms with van der Waals surface area (Å²) in [5, 5.41) is 2.95. The van der Waals surface area contributed by atoms with Crippen molar-refractivity contribution < 1.29 is 19.1 Å². The molecule has 3 rings (SSSR count). The number of rotatable bonds is 6. The number of piperidine rings is 1. The molecule has 1 N–H and O–H groups in total. The van der Waals surface area contributed by atoms with Gasteiger partial charge in [0.15, 0.2) is 6.29 Å². The van der Waals surface area contributed by atoms with E-state index in [1.807, 2.05) is 49.1 Å². The van der Waals surface area contributed by atoms with Crippen LogP contribution in [-0.4, -0.2) is 49.3 Å². The van der Waals surface area contributed by atoms with Gasteiger partial charge >= 0.3 is 0 Å². The van der Waals surface area contributed by atoms with Gasteiger partial charge in [-0.15, -0.1) is 0 Å². The number of nitrogens with zero attached hydrogens (tertiary/aromatic N) is 1. The highest BCUT2D eigenvalue weighted by Crippen LogP contribution is 2.27. The maximum Gasteiger partial charge on any atom is 0.249 e. The van der Waals surface area contributed by atoms with Crippen LogP contribution in [0.1, 0.15) is 44.7 Å². The monoisotopic (exact) mass is 374 g/mol. The van der Waals surface area contributed by atoms with Gasteiger partial charge in [0.25, 0.3) is 0 Å². The van der Waals surface area contributed by atoms with Gasteiger partial charge in [-0.3, -0.25) is 9.59 Å². The van der Waals surface area contributed by atoms with Gasteiger partial charge in [0, 0.05) is 25.4 Å². The number of carbonyl (C=O) groups is 2. The Bertz CT molecular complexity index is 620. The molecule has 0 saturated carbocycles. The highest BCUT2D eigenvalue weighted by molar-refractivity contribution is 5.88. The number of hydrogen-bond donors (Lipinski definition) is 1. The molecule has 6 nitrogen and oxygen atoms in total. The van der Waals surface area contributed by atoms with Crippen LogP contribution in [0.4, 0.5) is 0 Å². The number of ether oxygens (including phenoxy) is 2. The van der Waals surface area contributed by atoms with Gasteiger partial charge in [-0.05, 0) is 24.3 Å². The second-order valence-electron chi connectivity index (χ2n) is 7.78. The van der Waals surface area contributed by atoms with Crippen molar-refractivity contribution in [3.8, 4) is 0 Å². The summed E-state index contributed by atoms with van der Waals surface area (Å²) in [4.78, 5) is 27.4. The molecular weight excluding hydrogens is 344 g/mol. The topological polar surface area (TPSA) is 67.9 Å². The third-order valence-electron chi connectivity index (χ3n) is 5.16. The average Bonchev–Trinajstić information content (AvgIpc) is 3.21. The van der Waals surface area contributed by atoms with E-state index < -0.39 is 6.04 Å². The average molecular weight is 374 g/mol. The molecule has 1 aromatic rings. The fraction of sp³-hybridized carbons (Fsp3) is 0.619. The normalized spacial score (nSPS) is 20.0. The number of likely N-dealkylation sites (tertiary alicyclic amines) is 1. The predicted octanol–water partition coefficient (Wildman–Crippen LogP) is 2.50. The van der Waals surface area contributed by atoms with Crippen LogP contribution in [0.25, 0.3) is 0 Å². The Balaban J connectivity index is 1.65. The smallest absolute Gasteiger partial charge is 0.249 e. The summed E-state index contributed by atoms with van der Waals surface area (Å²) >= 11 is 0. The lowest BCUT2D eigenvalue weighted by Crippen LogP contribution is -2.47. The lowest BCUT2D eigenvalue weighted by atomic mass is 9.95. The molecule has 27 heavy (non-hydrogen) atoms. The van der Waals surface area contributed by atoms with E-state index in [2.05, 4.69) is 5.32 Å².